The Morgan fingerprint density at radius 2 is 2.08 bits per heavy atom. The molecular weight excluding hydrogens is 366 g/mol. The standard InChI is InChI=1S/C17H20ClNO3S2/c1-5-22-14-8-12(18)11(6-13(14)21-4)7-15-16(20)19(9-10(2)3)17(23)24-15/h6-8,10H,5,9H2,1-4H3/b15-7-. The first kappa shape index (κ1) is 19.1. The van der Waals surface area contributed by atoms with E-state index in [1.165, 1.54) is 11.8 Å². The van der Waals surface area contributed by atoms with Crippen LogP contribution in [-0.2, 0) is 4.79 Å². The lowest BCUT2D eigenvalue weighted by Crippen LogP contribution is -2.31. The molecule has 2 rings (SSSR count). The van der Waals surface area contributed by atoms with Crippen LogP contribution in [0.5, 0.6) is 11.5 Å². The molecule has 1 saturated heterocycles. The van der Waals surface area contributed by atoms with Gasteiger partial charge in [-0.3, -0.25) is 9.69 Å². The zero-order valence-electron chi connectivity index (χ0n) is 14.1. The van der Waals surface area contributed by atoms with Crippen molar-refractivity contribution in [3.63, 3.8) is 0 Å². The van der Waals surface area contributed by atoms with Crippen LogP contribution in [0.2, 0.25) is 5.02 Å². The number of nitrogens with zero attached hydrogens (tertiary/aromatic N) is 1. The molecule has 0 saturated carbocycles. The van der Waals surface area contributed by atoms with E-state index in [4.69, 9.17) is 33.3 Å². The second kappa shape index (κ2) is 8.23. The zero-order valence-corrected chi connectivity index (χ0v) is 16.5. The molecule has 1 aliphatic heterocycles. The molecule has 1 amide bonds. The maximum atomic E-state index is 12.5. The number of methoxy groups -OCH3 is 1. The number of carbonyl (C=O) groups is 1. The number of ether oxygens (including phenoxy) is 2. The molecule has 1 aromatic rings. The molecule has 0 radical (unpaired) electrons. The molecule has 1 fully saturated rings. The maximum absolute atomic E-state index is 12.5. The van der Waals surface area contributed by atoms with Crippen LogP contribution >= 0.6 is 35.6 Å². The lowest BCUT2D eigenvalue weighted by atomic mass is 10.1. The van der Waals surface area contributed by atoms with E-state index in [1.54, 1.807) is 30.2 Å². The van der Waals surface area contributed by atoms with Gasteiger partial charge >= 0.3 is 0 Å². The number of rotatable bonds is 6. The molecule has 4 nitrogen and oxygen atoms in total. The van der Waals surface area contributed by atoms with E-state index >= 15 is 0 Å². The fraction of sp³-hybridized carbons (Fsp3) is 0.412. The van der Waals surface area contributed by atoms with Gasteiger partial charge in [0.25, 0.3) is 5.91 Å². The number of hydrogen-bond acceptors (Lipinski definition) is 5. The number of halogens is 1. The van der Waals surface area contributed by atoms with E-state index in [-0.39, 0.29) is 5.91 Å². The maximum Gasteiger partial charge on any atom is 0.266 e. The summed E-state index contributed by atoms with van der Waals surface area (Å²) in [5, 5.41) is 0.494. The van der Waals surface area contributed by atoms with Gasteiger partial charge in [0, 0.05) is 12.6 Å². The van der Waals surface area contributed by atoms with E-state index < -0.39 is 0 Å². The van der Waals surface area contributed by atoms with Crippen LogP contribution in [0.1, 0.15) is 26.3 Å². The number of thiocarbonyl (C=S) groups is 1. The van der Waals surface area contributed by atoms with Gasteiger partial charge in [0.1, 0.15) is 4.32 Å². The third-order valence-electron chi connectivity index (χ3n) is 3.29. The fourth-order valence-corrected chi connectivity index (χ4v) is 3.73. The summed E-state index contributed by atoms with van der Waals surface area (Å²) in [5.74, 6) is 1.42. The molecule has 0 bridgehead atoms. The normalized spacial score (nSPS) is 16.4. The smallest absolute Gasteiger partial charge is 0.266 e. The average Bonchev–Trinajstić information content (AvgIpc) is 2.77. The Hall–Kier alpha value is -1.24. The first-order valence-corrected chi connectivity index (χ1v) is 9.23. The predicted octanol–water partition coefficient (Wildman–Crippen LogP) is 4.60. The van der Waals surface area contributed by atoms with Gasteiger partial charge in [-0.25, -0.2) is 0 Å². The summed E-state index contributed by atoms with van der Waals surface area (Å²) in [7, 11) is 1.57. The Bertz CT molecular complexity index is 689. The number of thioether (sulfide) groups is 1. The summed E-state index contributed by atoms with van der Waals surface area (Å²) < 4.78 is 11.4. The monoisotopic (exact) mass is 385 g/mol. The molecule has 0 aromatic heterocycles. The van der Waals surface area contributed by atoms with Gasteiger partial charge in [0.2, 0.25) is 0 Å². The van der Waals surface area contributed by atoms with Crippen LogP contribution in [0, 0.1) is 5.92 Å². The Morgan fingerprint density at radius 3 is 2.67 bits per heavy atom. The molecule has 0 atom stereocenters. The van der Waals surface area contributed by atoms with Crippen LogP contribution in [0.4, 0.5) is 0 Å². The van der Waals surface area contributed by atoms with E-state index in [0.29, 0.717) is 50.4 Å². The Balaban J connectivity index is 2.34. The SMILES string of the molecule is CCOc1cc(Cl)c(/C=C2\SC(=S)N(CC(C)C)C2=O)cc1OC. The second-order valence-electron chi connectivity index (χ2n) is 5.64. The highest BCUT2D eigenvalue weighted by Crippen LogP contribution is 2.38. The van der Waals surface area contributed by atoms with Crippen molar-refractivity contribution in [2.45, 2.75) is 20.8 Å². The highest BCUT2D eigenvalue weighted by atomic mass is 35.5. The Morgan fingerprint density at radius 1 is 1.38 bits per heavy atom. The van der Waals surface area contributed by atoms with Gasteiger partial charge in [-0.15, -0.1) is 0 Å². The van der Waals surface area contributed by atoms with Crippen molar-refractivity contribution < 1.29 is 14.3 Å². The van der Waals surface area contributed by atoms with E-state index in [0.717, 1.165) is 0 Å². The zero-order chi connectivity index (χ0) is 17.9. The minimum atomic E-state index is -0.0809. The van der Waals surface area contributed by atoms with Crippen LogP contribution in [-0.4, -0.2) is 35.4 Å². The van der Waals surface area contributed by atoms with Crippen molar-refractivity contribution in [3.05, 3.63) is 27.6 Å². The minimum Gasteiger partial charge on any atom is -0.493 e. The van der Waals surface area contributed by atoms with Gasteiger partial charge in [-0.2, -0.15) is 0 Å². The molecule has 1 aromatic carbocycles. The van der Waals surface area contributed by atoms with Crippen LogP contribution in [0.15, 0.2) is 17.0 Å². The topological polar surface area (TPSA) is 38.8 Å². The van der Waals surface area contributed by atoms with Crippen LogP contribution in [0.3, 0.4) is 0 Å². The lowest BCUT2D eigenvalue weighted by molar-refractivity contribution is -0.122. The molecule has 0 aliphatic carbocycles. The third kappa shape index (κ3) is 4.23. The fourth-order valence-electron chi connectivity index (χ4n) is 2.25. The van der Waals surface area contributed by atoms with E-state index in [9.17, 15) is 4.79 Å². The predicted molar refractivity (Wildman–Crippen MR) is 104 cm³/mol. The number of hydrogen-bond donors (Lipinski definition) is 0. The van der Waals surface area contributed by atoms with Crippen molar-refractivity contribution in [3.8, 4) is 11.5 Å². The van der Waals surface area contributed by atoms with E-state index in [2.05, 4.69) is 13.8 Å². The van der Waals surface area contributed by atoms with Crippen LogP contribution in [0.25, 0.3) is 6.08 Å². The summed E-state index contributed by atoms with van der Waals surface area (Å²) in [5.41, 5.74) is 0.696. The van der Waals surface area contributed by atoms with Crippen LogP contribution < -0.4 is 9.47 Å². The summed E-state index contributed by atoms with van der Waals surface area (Å²) in [4.78, 5) is 14.7. The molecule has 0 unspecified atom stereocenters. The number of benzene rings is 1. The number of carbonyl (C=O) groups excluding carboxylic acids is 1. The van der Waals surface area contributed by atoms with Crippen molar-refractivity contribution in [2.75, 3.05) is 20.3 Å². The van der Waals surface area contributed by atoms with Gasteiger partial charge in [0.05, 0.1) is 23.6 Å². The van der Waals surface area contributed by atoms with E-state index in [1.807, 2.05) is 6.92 Å². The number of amides is 1. The minimum absolute atomic E-state index is 0.0809. The highest BCUT2D eigenvalue weighted by Gasteiger charge is 2.32. The summed E-state index contributed by atoms with van der Waals surface area (Å²) >= 11 is 12.9. The summed E-state index contributed by atoms with van der Waals surface area (Å²) in [6.45, 7) is 7.12. The van der Waals surface area contributed by atoms with Crippen molar-refractivity contribution >= 4 is 51.9 Å². The summed E-state index contributed by atoms with van der Waals surface area (Å²) in [6.07, 6.45) is 1.75. The summed E-state index contributed by atoms with van der Waals surface area (Å²) in [6, 6.07) is 3.47. The Labute approximate surface area is 157 Å². The molecule has 0 spiro atoms. The van der Waals surface area contributed by atoms with Gasteiger partial charge < -0.3 is 9.47 Å². The third-order valence-corrected chi connectivity index (χ3v) is 5.00. The average molecular weight is 386 g/mol. The quantitative estimate of drug-likeness (QED) is 0.528. The lowest BCUT2D eigenvalue weighted by Gasteiger charge is -2.16. The second-order valence-corrected chi connectivity index (χ2v) is 7.73. The molecule has 7 heteroatoms. The van der Waals surface area contributed by atoms with Gasteiger partial charge in [-0.1, -0.05) is 49.4 Å². The molecule has 0 N–H and O–H groups in total. The van der Waals surface area contributed by atoms with Gasteiger partial charge in [-0.05, 0) is 30.5 Å². The molecule has 24 heavy (non-hydrogen) atoms. The Kier molecular flexibility index (Phi) is 6.54. The largest absolute Gasteiger partial charge is 0.493 e. The van der Waals surface area contributed by atoms with Gasteiger partial charge in [0.15, 0.2) is 11.5 Å². The first-order valence-electron chi connectivity index (χ1n) is 7.63. The highest BCUT2D eigenvalue weighted by molar-refractivity contribution is 8.26. The first-order chi connectivity index (χ1) is 11.4. The molecule has 130 valence electrons. The van der Waals surface area contributed by atoms with Crippen molar-refractivity contribution in [1.29, 1.82) is 0 Å². The van der Waals surface area contributed by atoms with Crippen molar-refractivity contribution in [2.24, 2.45) is 5.92 Å². The molecular formula is C17H20ClNO3S2. The molecule has 1 heterocycles. The molecule has 1 aliphatic rings. The van der Waals surface area contributed by atoms with Crippen molar-refractivity contribution in [1.82, 2.24) is 4.90 Å².